The van der Waals surface area contributed by atoms with Crippen LogP contribution in [0.25, 0.3) is 11.3 Å². The fourth-order valence-electron chi connectivity index (χ4n) is 5.09. The van der Waals surface area contributed by atoms with Crippen molar-refractivity contribution in [2.45, 2.75) is 46.1 Å². The van der Waals surface area contributed by atoms with E-state index in [9.17, 15) is 9.59 Å². The lowest BCUT2D eigenvalue weighted by atomic mass is 10.0. The van der Waals surface area contributed by atoms with E-state index in [1.54, 1.807) is 11.3 Å². The molecule has 1 aliphatic rings. The molecule has 0 bridgehead atoms. The Morgan fingerprint density at radius 1 is 1.00 bits per heavy atom. The molecule has 0 fully saturated rings. The van der Waals surface area contributed by atoms with Crippen molar-refractivity contribution >= 4 is 33.9 Å². The molecule has 0 saturated carbocycles. The van der Waals surface area contributed by atoms with Crippen molar-refractivity contribution in [3.05, 3.63) is 99.4 Å². The van der Waals surface area contributed by atoms with Gasteiger partial charge in [0.25, 0.3) is 0 Å². The Morgan fingerprint density at radius 3 is 2.56 bits per heavy atom. The van der Waals surface area contributed by atoms with Gasteiger partial charge in [0.05, 0.1) is 25.2 Å². The number of rotatable bonds is 11. The number of carbonyl (C=O) groups is 2. The Bertz CT molecular complexity index is 1490. The van der Waals surface area contributed by atoms with Crippen molar-refractivity contribution in [2.75, 3.05) is 18.0 Å². The smallest absolute Gasteiger partial charge is 0.304 e. The number of nitrogens with zero attached hydrogens (tertiary/aromatic N) is 2. The quantitative estimate of drug-likeness (QED) is 0.167. The summed E-state index contributed by atoms with van der Waals surface area (Å²) in [6.07, 6.45) is 3.45. The summed E-state index contributed by atoms with van der Waals surface area (Å²) >= 11 is 1.64. The normalized spacial score (nSPS) is 12.4. The SMILES string of the molecule is Cc1ccc(-c2csc(N(Cc3ccc(C(=O)CNCCC(=O)O)cc3)c3ccc4c(c3)CCC4)n2)c(C)c1. The molecular formula is C32H33N3O3S. The summed E-state index contributed by atoms with van der Waals surface area (Å²) < 4.78 is 0. The second kappa shape index (κ2) is 11.9. The molecule has 0 aliphatic heterocycles. The number of anilines is 2. The summed E-state index contributed by atoms with van der Waals surface area (Å²) in [4.78, 5) is 30.5. The number of aliphatic carboxylic acids is 1. The number of hydrogen-bond donors (Lipinski definition) is 2. The molecule has 0 amide bonds. The molecule has 1 aliphatic carbocycles. The first kappa shape index (κ1) is 26.8. The summed E-state index contributed by atoms with van der Waals surface area (Å²) in [5.74, 6) is -0.936. The standard InChI is InChI=1S/C32H33N3O3S/c1-21-6-13-28(22(2)16-21)29-20-39-32(34-29)35(27-12-11-24-4-3-5-26(24)17-27)19-23-7-9-25(10-8-23)30(36)18-33-15-14-31(37)38/h6-13,16-17,20,33H,3-5,14-15,18-19H2,1-2H3,(H,37,38). The lowest BCUT2D eigenvalue weighted by molar-refractivity contribution is -0.136. The lowest BCUT2D eigenvalue weighted by Gasteiger charge is -2.23. The molecule has 0 unspecified atom stereocenters. The summed E-state index contributed by atoms with van der Waals surface area (Å²) in [5, 5.41) is 14.7. The van der Waals surface area contributed by atoms with Gasteiger partial charge in [-0.2, -0.15) is 0 Å². The van der Waals surface area contributed by atoms with Crippen LogP contribution in [0.4, 0.5) is 10.8 Å². The van der Waals surface area contributed by atoms with Gasteiger partial charge in [-0.15, -0.1) is 11.3 Å². The summed E-state index contributed by atoms with van der Waals surface area (Å²) in [5.41, 5.74) is 10.3. The molecule has 4 aromatic rings. The molecule has 3 aromatic carbocycles. The van der Waals surface area contributed by atoms with E-state index in [0.29, 0.717) is 12.1 Å². The van der Waals surface area contributed by atoms with Crippen LogP contribution in [0.15, 0.2) is 66.0 Å². The van der Waals surface area contributed by atoms with Gasteiger partial charge in [-0.1, -0.05) is 54.1 Å². The maximum atomic E-state index is 12.5. The predicted molar refractivity (Wildman–Crippen MR) is 157 cm³/mol. The van der Waals surface area contributed by atoms with Crippen LogP contribution in [0.2, 0.25) is 0 Å². The zero-order chi connectivity index (χ0) is 27.4. The molecule has 0 radical (unpaired) electrons. The highest BCUT2D eigenvalue weighted by molar-refractivity contribution is 7.14. The highest BCUT2D eigenvalue weighted by Gasteiger charge is 2.19. The van der Waals surface area contributed by atoms with Crippen LogP contribution < -0.4 is 10.2 Å². The molecular weight excluding hydrogens is 506 g/mol. The van der Waals surface area contributed by atoms with Crippen LogP contribution in [0, 0.1) is 13.8 Å². The number of fused-ring (bicyclic) bond motifs is 1. The van der Waals surface area contributed by atoms with Crippen LogP contribution in [-0.2, 0) is 24.2 Å². The number of aromatic nitrogens is 1. The van der Waals surface area contributed by atoms with Gasteiger partial charge in [-0.05, 0) is 67.5 Å². The minimum absolute atomic E-state index is 0.00724. The molecule has 0 spiro atoms. The second-order valence-corrected chi connectivity index (χ2v) is 11.0. The average Bonchev–Trinajstić information content (AvgIpc) is 3.59. The van der Waals surface area contributed by atoms with Crippen LogP contribution >= 0.6 is 11.3 Å². The Labute approximate surface area is 233 Å². The van der Waals surface area contributed by atoms with E-state index in [0.717, 1.165) is 40.5 Å². The highest BCUT2D eigenvalue weighted by atomic mass is 32.1. The molecule has 1 aromatic heterocycles. The third-order valence-corrected chi connectivity index (χ3v) is 8.06. The number of carboxylic acid groups (broad SMARTS) is 1. The third-order valence-electron chi connectivity index (χ3n) is 7.19. The number of nitrogens with one attached hydrogen (secondary N) is 1. The average molecular weight is 540 g/mol. The van der Waals surface area contributed by atoms with Crippen LogP contribution in [0.5, 0.6) is 0 Å². The van der Waals surface area contributed by atoms with Gasteiger partial charge in [0.1, 0.15) is 0 Å². The molecule has 7 heteroatoms. The van der Waals surface area contributed by atoms with Crippen molar-refractivity contribution in [3.63, 3.8) is 0 Å². The fraction of sp³-hybridized carbons (Fsp3) is 0.281. The maximum Gasteiger partial charge on any atom is 0.304 e. The Balaban J connectivity index is 1.38. The van der Waals surface area contributed by atoms with E-state index in [1.165, 1.54) is 28.7 Å². The van der Waals surface area contributed by atoms with E-state index >= 15 is 0 Å². The molecule has 200 valence electrons. The first-order chi connectivity index (χ1) is 18.9. The zero-order valence-corrected chi connectivity index (χ0v) is 23.2. The number of thiazole rings is 1. The van der Waals surface area contributed by atoms with E-state index in [2.05, 4.69) is 65.8 Å². The summed E-state index contributed by atoms with van der Waals surface area (Å²) in [6.45, 7) is 5.25. The van der Waals surface area contributed by atoms with E-state index < -0.39 is 5.97 Å². The van der Waals surface area contributed by atoms with Crippen molar-refractivity contribution in [3.8, 4) is 11.3 Å². The number of aryl methyl sites for hydroxylation is 4. The van der Waals surface area contributed by atoms with Crippen molar-refractivity contribution in [1.29, 1.82) is 0 Å². The van der Waals surface area contributed by atoms with Gasteiger partial charge in [0.15, 0.2) is 10.9 Å². The van der Waals surface area contributed by atoms with Gasteiger partial charge in [0.2, 0.25) is 0 Å². The largest absolute Gasteiger partial charge is 0.481 e. The number of ketones is 1. The Kier molecular flexibility index (Phi) is 8.19. The highest BCUT2D eigenvalue weighted by Crippen LogP contribution is 2.36. The molecule has 0 atom stereocenters. The third kappa shape index (κ3) is 6.44. The number of benzene rings is 3. The monoisotopic (exact) mass is 539 g/mol. The number of Topliss-reactive ketones (excluding diaryl/α,β-unsaturated/α-hetero) is 1. The summed E-state index contributed by atoms with van der Waals surface area (Å²) in [6, 6.07) is 20.9. The predicted octanol–water partition coefficient (Wildman–Crippen LogP) is 6.50. The molecule has 1 heterocycles. The first-order valence-electron chi connectivity index (χ1n) is 13.3. The number of carbonyl (C=O) groups excluding carboxylic acids is 1. The first-order valence-corrected chi connectivity index (χ1v) is 14.2. The zero-order valence-electron chi connectivity index (χ0n) is 22.4. The Morgan fingerprint density at radius 2 is 1.79 bits per heavy atom. The van der Waals surface area contributed by atoms with E-state index in [4.69, 9.17) is 10.1 Å². The lowest BCUT2D eigenvalue weighted by Crippen LogP contribution is -2.25. The van der Waals surface area contributed by atoms with Gasteiger partial charge < -0.3 is 15.3 Å². The fourth-order valence-corrected chi connectivity index (χ4v) is 5.93. The van der Waals surface area contributed by atoms with Gasteiger partial charge >= 0.3 is 5.97 Å². The van der Waals surface area contributed by atoms with Crippen LogP contribution in [-0.4, -0.2) is 34.9 Å². The molecule has 39 heavy (non-hydrogen) atoms. The number of carboxylic acids is 1. The second-order valence-electron chi connectivity index (χ2n) is 10.2. The Hall–Kier alpha value is -3.81. The topological polar surface area (TPSA) is 82.5 Å². The molecule has 2 N–H and O–H groups in total. The maximum absolute atomic E-state index is 12.5. The van der Waals surface area contributed by atoms with Crippen LogP contribution in [0.1, 0.15) is 51.0 Å². The van der Waals surface area contributed by atoms with Crippen LogP contribution in [0.3, 0.4) is 0 Å². The van der Waals surface area contributed by atoms with Crippen molar-refractivity contribution < 1.29 is 14.7 Å². The van der Waals surface area contributed by atoms with E-state index in [-0.39, 0.29) is 25.3 Å². The molecule has 0 saturated heterocycles. The van der Waals surface area contributed by atoms with E-state index in [1.807, 2.05) is 24.3 Å². The van der Waals surface area contributed by atoms with Gasteiger partial charge in [-0.3, -0.25) is 9.59 Å². The van der Waals surface area contributed by atoms with Gasteiger partial charge in [-0.25, -0.2) is 4.98 Å². The minimum Gasteiger partial charge on any atom is -0.481 e. The van der Waals surface area contributed by atoms with Crippen molar-refractivity contribution in [1.82, 2.24) is 10.3 Å². The minimum atomic E-state index is -0.881. The molecule has 5 rings (SSSR count). The summed E-state index contributed by atoms with van der Waals surface area (Å²) in [7, 11) is 0. The number of hydrogen-bond acceptors (Lipinski definition) is 6. The molecule has 6 nitrogen and oxygen atoms in total. The van der Waals surface area contributed by atoms with Gasteiger partial charge in [0, 0.05) is 28.7 Å². The van der Waals surface area contributed by atoms with Crippen molar-refractivity contribution in [2.24, 2.45) is 0 Å².